The molecule has 0 amide bonds. The molecule has 1 N–H and O–H groups in total. The standard InChI is InChI=1S/C26H22ClNO6/c1-32-20-14-8-16(9-15-20)22(29)21-23(17-6-4-3-5-7-17)34-25(31)26(21,24(30)33-2)28-19-12-10-18(27)11-13-19/h3-15,21,23,28H,1-2H3. The number of carbonyl (C=O) groups is 3. The van der Waals surface area contributed by atoms with E-state index >= 15 is 0 Å². The van der Waals surface area contributed by atoms with Gasteiger partial charge in [0.25, 0.3) is 0 Å². The zero-order valence-corrected chi connectivity index (χ0v) is 19.2. The van der Waals surface area contributed by atoms with E-state index in [9.17, 15) is 14.4 Å². The van der Waals surface area contributed by atoms with Crippen molar-refractivity contribution in [3.8, 4) is 5.75 Å². The maximum Gasteiger partial charge on any atom is 0.345 e. The number of esters is 2. The molecule has 0 radical (unpaired) electrons. The van der Waals surface area contributed by atoms with Crippen LogP contribution < -0.4 is 10.1 Å². The van der Waals surface area contributed by atoms with Gasteiger partial charge in [-0.05, 0) is 54.1 Å². The summed E-state index contributed by atoms with van der Waals surface area (Å²) >= 11 is 5.99. The molecule has 0 aliphatic carbocycles. The lowest BCUT2D eigenvalue weighted by Gasteiger charge is -2.31. The molecule has 0 bridgehead atoms. The normalized spacial score (nSPS) is 21.4. The largest absolute Gasteiger partial charge is 0.497 e. The molecule has 3 aromatic carbocycles. The minimum absolute atomic E-state index is 0.288. The van der Waals surface area contributed by atoms with Crippen molar-refractivity contribution < 1.29 is 28.6 Å². The van der Waals surface area contributed by atoms with E-state index in [-0.39, 0.29) is 5.56 Å². The highest BCUT2D eigenvalue weighted by Gasteiger charge is 2.66. The molecule has 3 aromatic rings. The number of hydrogen-bond acceptors (Lipinski definition) is 7. The van der Waals surface area contributed by atoms with Gasteiger partial charge >= 0.3 is 11.9 Å². The maximum atomic E-state index is 13.9. The monoisotopic (exact) mass is 479 g/mol. The Labute approximate surface area is 201 Å². The van der Waals surface area contributed by atoms with E-state index in [1.165, 1.54) is 7.11 Å². The van der Waals surface area contributed by atoms with Gasteiger partial charge in [-0.15, -0.1) is 0 Å². The molecular formula is C26H22ClNO6. The van der Waals surface area contributed by atoms with Crippen molar-refractivity contribution in [1.82, 2.24) is 0 Å². The first-order chi connectivity index (χ1) is 16.4. The average Bonchev–Trinajstić information content (AvgIpc) is 3.17. The number of ketones is 1. The van der Waals surface area contributed by atoms with Gasteiger partial charge in [0.15, 0.2) is 5.78 Å². The van der Waals surface area contributed by atoms with E-state index in [1.54, 1.807) is 78.9 Å². The van der Waals surface area contributed by atoms with Crippen LogP contribution in [0.25, 0.3) is 0 Å². The van der Waals surface area contributed by atoms with E-state index in [0.717, 1.165) is 7.11 Å². The number of Topliss-reactive ketones (excluding diaryl/α,β-unsaturated/α-hetero) is 1. The van der Waals surface area contributed by atoms with Gasteiger partial charge in [0, 0.05) is 16.3 Å². The Kier molecular flexibility index (Phi) is 6.56. The van der Waals surface area contributed by atoms with E-state index in [0.29, 0.717) is 22.0 Å². The predicted molar refractivity (Wildman–Crippen MR) is 126 cm³/mol. The average molecular weight is 480 g/mol. The SMILES string of the molecule is COC(=O)C1(Nc2ccc(Cl)cc2)C(=O)OC(c2ccccc2)C1C(=O)c1ccc(OC)cc1. The van der Waals surface area contributed by atoms with Crippen LogP contribution in [0.5, 0.6) is 5.75 Å². The maximum absolute atomic E-state index is 13.9. The Morgan fingerprint density at radius 3 is 2.18 bits per heavy atom. The van der Waals surface area contributed by atoms with Crippen molar-refractivity contribution in [2.45, 2.75) is 11.6 Å². The van der Waals surface area contributed by atoms with Crippen LogP contribution in [0.2, 0.25) is 5.02 Å². The van der Waals surface area contributed by atoms with Gasteiger partial charge in [0.05, 0.1) is 14.2 Å². The first-order valence-electron chi connectivity index (χ1n) is 10.5. The molecule has 1 aliphatic rings. The minimum Gasteiger partial charge on any atom is -0.497 e. The highest BCUT2D eigenvalue weighted by molar-refractivity contribution is 6.30. The second-order valence-corrected chi connectivity index (χ2v) is 8.17. The van der Waals surface area contributed by atoms with Crippen LogP contribution >= 0.6 is 11.6 Å². The van der Waals surface area contributed by atoms with Crippen molar-refractivity contribution in [3.05, 3.63) is 95.0 Å². The van der Waals surface area contributed by atoms with E-state index in [4.69, 9.17) is 25.8 Å². The molecule has 1 aliphatic heterocycles. The Hall–Kier alpha value is -3.84. The molecule has 1 fully saturated rings. The number of benzene rings is 3. The van der Waals surface area contributed by atoms with Crippen LogP contribution in [0.15, 0.2) is 78.9 Å². The van der Waals surface area contributed by atoms with Crippen molar-refractivity contribution in [2.24, 2.45) is 5.92 Å². The van der Waals surface area contributed by atoms with Crippen LogP contribution in [0.4, 0.5) is 5.69 Å². The fourth-order valence-electron chi connectivity index (χ4n) is 4.11. The summed E-state index contributed by atoms with van der Waals surface area (Å²) in [6.07, 6.45) is -1.03. The van der Waals surface area contributed by atoms with Crippen molar-refractivity contribution in [3.63, 3.8) is 0 Å². The van der Waals surface area contributed by atoms with Crippen molar-refractivity contribution >= 4 is 35.0 Å². The Morgan fingerprint density at radius 2 is 1.59 bits per heavy atom. The third kappa shape index (κ3) is 4.10. The lowest BCUT2D eigenvalue weighted by atomic mass is 9.75. The molecule has 1 saturated heterocycles. The lowest BCUT2D eigenvalue weighted by molar-refractivity contribution is -0.156. The highest BCUT2D eigenvalue weighted by Crippen LogP contribution is 2.46. The molecule has 174 valence electrons. The summed E-state index contributed by atoms with van der Waals surface area (Å²) in [4.78, 5) is 40.6. The van der Waals surface area contributed by atoms with Gasteiger partial charge in [-0.1, -0.05) is 41.9 Å². The van der Waals surface area contributed by atoms with Gasteiger partial charge in [-0.2, -0.15) is 0 Å². The molecule has 4 rings (SSSR count). The van der Waals surface area contributed by atoms with Crippen molar-refractivity contribution in [1.29, 1.82) is 0 Å². The van der Waals surface area contributed by atoms with Gasteiger partial charge < -0.3 is 19.5 Å². The molecule has 0 saturated carbocycles. The summed E-state index contributed by atoms with van der Waals surface area (Å²) in [6.45, 7) is 0. The quantitative estimate of drug-likeness (QED) is 0.303. The molecule has 8 heteroatoms. The topological polar surface area (TPSA) is 90.9 Å². The zero-order chi connectivity index (χ0) is 24.3. The molecule has 3 unspecified atom stereocenters. The van der Waals surface area contributed by atoms with Crippen LogP contribution in [-0.2, 0) is 19.1 Å². The number of anilines is 1. The van der Waals surface area contributed by atoms with Gasteiger partial charge in [-0.3, -0.25) is 4.79 Å². The first-order valence-corrected chi connectivity index (χ1v) is 10.8. The molecule has 0 aromatic heterocycles. The van der Waals surface area contributed by atoms with E-state index < -0.39 is 35.3 Å². The molecular weight excluding hydrogens is 458 g/mol. The van der Waals surface area contributed by atoms with Crippen LogP contribution in [0, 0.1) is 5.92 Å². The predicted octanol–water partition coefficient (Wildman–Crippen LogP) is 4.47. The number of cyclic esters (lactones) is 1. The van der Waals surface area contributed by atoms with Gasteiger partial charge in [-0.25, -0.2) is 9.59 Å². The number of nitrogens with one attached hydrogen (secondary N) is 1. The number of methoxy groups -OCH3 is 2. The number of rotatable bonds is 7. The second kappa shape index (κ2) is 9.57. The molecule has 3 atom stereocenters. The van der Waals surface area contributed by atoms with Gasteiger partial charge in [0.1, 0.15) is 17.8 Å². The summed E-state index contributed by atoms with van der Waals surface area (Å²) in [5.41, 5.74) is -0.865. The van der Waals surface area contributed by atoms with E-state index in [2.05, 4.69) is 5.32 Å². The Morgan fingerprint density at radius 1 is 0.941 bits per heavy atom. The second-order valence-electron chi connectivity index (χ2n) is 7.74. The molecule has 1 heterocycles. The summed E-state index contributed by atoms with van der Waals surface area (Å²) in [5.74, 6) is -3.01. The summed E-state index contributed by atoms with van der Waals surface area (Å²) < 4.78 is 15.9. The molecule has 7 nitrogen and oxygen atoms in total. The van der Waals surface area contributed by atoms with Crippen molar-refractivity contribution in [2.75, 3.05) is 19.5 Å². The summed E-state index contributed by atoms with van der Waals surface area (Å²) in [7, 11) is 2.68. The molecule has 34 heavy (non-hydrogen) atoms. The fourth-order valence-corrected chi connectivity index (χ4v) is 4.24. The summed E-state index contributed by atoms with van der Waals surface area (Å²) in [6, 6.07) is 21.6. The third-order valence-corrected chi connectivity index (χ3v) is 6.06. The van der Waals surface area contributed by atoms with Gasteiger partial charge in [0.2, 0.25) is 5.54 Å². The Bertz CT molecular complexity index is 1200. The lowest BCUT2D eigenvalue weighted by Crippen LogP contribution is -2.58. The number of carbonyl (C=O) groups excluding carboxylic acids is 3. The highest BCUT2D eigenvalue weighted by atomic mass is 35.5. The number of hydrogen-bond donors (Lipinski definition) is 1. The fraction of sp³-hybridized carbons (Fsp3) is 0.192. The van der Waals surface area contributed by atoms with Crippen LogP contribution in [0.1, 0.15) is 22.0 Å². The number of ether oxygens (including phenoxy) is 3. The zero-order valence-electron chi connectivity index (χ0n) is 18.5. The first kappa shape index (κ1) is 23.3. The summed E-state index contributed by atoms with van der Waals surface area (Å²) in [5, 5.41) is 3.42. The smallest absolute Gasteiger partial charge is 0.345 e. The Balaban J connectivity index is 1.88. The minimum atomic E-state index is -2.12. The van der Waals surface area contributed by atoms with Crippen LogP contribution in [0.3, 0.4) is 0 Å². The third-order valence-electron chi connectivity index (χ3n) is 5.80. The van der Waals surface area contributed by atoms with E-state index in [1.807, 2.05) is 0 Å². The van der Waals surface area contributed by atoms with Crippen LogP contribution in [-0.4, -0.2) is 37.5 Å². The number of halogens is 1. The molecule has 0 spiro atoms.